The molecule has 0 saturated carbocycles. The molecule has 0 bridgehead atoms. The second-order valence-electron chi connectivity index (χ2n) is 3.77. The number of aryl methyl sites for hydroxylation is 1. The van der Waals surface area contributed by atoms with Gasteiger partial charge in [-0.05, 0) is 49.0 Å². The van der Waals surface area contributed by atoms with Gasteiger partial charge in [0.15, 0.2) is 5.11 Å². The van der Waals surface area contributed by atoms with E-state index in [-0.39, 0.29) is 0 Å². The molecule has 92 valence electrons. The molecule has 0 spiro atoms. The molecule has 1 aromatic heterocycles. The van der Waals surface area contributed by atoms with Gasteiger partial charge in [-0.2, -0.15) is 0 Å². The van der Waals surface area contributed by atoms with Gasteiger partial charge in [0.1, 0.15) is 0 Å². The van der Waals surface area contributed by atoms with Gasteiger partial charge in [-0.3, -0.25) is 4.98 Å². The summed E-state index contributed by atoms with van der Waals surface area (Å²) >= 11 is 11.2. The number of hydrogen-bond donors (Lipinski definition) is 2. The van der Waals surface area contributed by atoms with E-state index in [0.717, 1.165) is 16.9 Å². The summed E-state index contributed by atoms with van der Waals surface area (Å²) in [4.78, 5) is 3.94. The Balaban J connectivity index is 2.05. The number of halogens is 1. The van der Waals surface area contributed by atoms with Crippen LogP contribution in [0.2, 0.25) is 5.02 Å². The van der Waals surface area contributed by atoms with Gasteiger partial charge in [0.25, 0.3) is 0 Å². The fraction of sp³-hybridized carbons (Fsp3) is 0.0769. The van der Waals surface area contributed by atoms with Crippen molar-refractivity contribution in [3.63, 3.8) is 0 Å². The lowest BCUT2D eigenvalue weighted by Crippen LogP contribution is -2.19. The van der Waals surface area contributed by atoms with Crippen molar-refractivity contribution in [2.24, 2.45) is 0 Å². The third-order valence-electron chi connectivity index (χ3n) is 2.39. The molecule has 5 heteroatoms. The van der Waals surface area contributed by atoms with Crippen molar-refractivity contribution in [1.29, 1.82) is 0 Å². The van der Waals surface area contributed by atoms with Crippen LogP contribution in [0.1, 0.15) is 5.56 Å². The first-order valence-corrected chi connectivity index (χ1v) is 6.18. The number of thiocarbonyl (C=S) groups is 1. The maximum absolute atomic E-state index is 5.95. The van der Waals surface area contributed by atoms with Crippen LogP contribution in [0.5, 0.6) is 0 Å². The highest BCUT2D eigenvalue weighted by atomic mass is 35.5. The molecule has 1 aromatic carbocycles. The first-order chi connectivity index (χ1) is 8.65. The Kier molecular flexibility index (Phi) is 4.12. The van der Waals surface area contributed by atoms with E-state index in [2.05, 4.69) is 15.6 Å². The average molecular weight is 278 g/mol. The molecular formula is C13H12ClN3S. The molecule has 0 unspecified atom stereocenters. The van der Waals surface area contributed by atoms with Crippen LogP contribution in [0.15, 0.2) is 42.7 Å². The van der Waals surface area contributed by atoms with Crippen LogP contribution in [0.3, 0.4) is 0 Å². The zero-order valence-electron chi connectivity index (χ0n) is 9.77. The second kappa shape index (κ2) is 5.80. The first kappa shape index (κ1) is 12.8. The Hall–Kier alpha value is -1.65. The fourth-order valence-corrected chi connectivity index (χ4v) is 1.85. The van der Waals surface area contributed by atoms with Gasteiger partial charge in [-0.15, -0.1) is 0 Å². The monoisotopic (exact) mass is 277 g/mol. The Morgan fingerprint density at radius 1 is 1.17 bits per heavy atom. The van der Waals surface area contributed by atoms with E-state index in [1.54, 1.807) is 12.4 Å². The van der Waals surface area contributed by atoms with Crippen LogP contribution in [0.4, 0.5) is 11.4 Å². The Morgan fingerprint density at radius 2 is 1.89 bits per heavy atom. The van der Waals surface area contributed by atoms with E-state index in [0.29, 0.717) is 10.1 Å². The van der Waals surface area contributed by atoms with E-state index in [9.17, 15) is 0 Å². The summed E-state index contributed by atoms with van der Waals surface area (Å²) in [6.45, 7) is 1.99. The molecule has 0 amide bonds. The molecule has 2 N–H and O–H groups in total. The largest absolute Gasteiger partial charge is 0.332 e. The van der Waals surface area contributed by atoms with Crippen molar-refractivity contribution in [3.8, 4) is 0 Å². The zero-order chi connectivity index (χ0) is 13.0. The van der Waals surface area contributed by atoms with Gasteiger partial charge in [-0.25, -0.2) is 0 Å². The van der Waals surface area contributed by atoms with E-state index in [4.69, 9.17) is 23.8 Å². The number of rotatable bonds is 2. The molecule has 18 heavy (non-hydrogen) atoms. The minimum atomic E-state index is 0.520. The minimum Gasteiger partial charge on any atom is -0.332 e. The van der Waals surface area contributed by atoms with Gasteiger partial charge in [0, 0.05) is 28.8 Å². The predicted octanol–water partition coefficient (Wildman–Crippen LogP) is 3.85. The van der Waals surface area contributed by atoms with Crippen molar-refractivity contribution in [3.05, 3.63) is 53.3 Å². The standard InChI is InChI=1S/C13H12ClN3S/c1-9-2-3-10(14)8-12(9)17-13(18)16-11-4-6-15-7-5-11/h2-8H,1H3,(H2,15,16,17,18). The number of anilines is 2. The fourth-order valence-electron chi connectivity index (χ4n) is 1.45. The van der Waals surface area contributed by atoms with Gasteiger partial charge in [0.2, 0.25) is 0 Å². The van der Waals surface area contributed by atoms with Crippen LogP contribution in [0.25, 0.3) is 0 Å². The molecule has 0 saturated heterocycles. The Bertz CT molecular complexity index is 557. The number of pyridine rings is 1. The maximum Gasteiger partial charge on any atom is 0.175 e. The van der Waals surface area contributed by atoms with Crippen LogP contribution >= 0.6 is 23.8 Å². The van der Waals surface area contributed by atoms with Gasteiger partial charge >= 0.3 is 0 Å². The molecule has 0 atom stereocenters. The topological polar surface area (TPSA) is 37.0 Å². The molecule has 0 aliphatic carbocycles. The summed E-state index contributed by atoms with van der Waals surface area (Å²) in [5.74, 6) is 0. The van der Waals surface area contributed by atoms with Gasteiger partial charge in [-0.1, -0.05) is 17.7 Å². The number of benzene rings is 1. The molecule has 3 nitrogen and oxygen atoms in total. The minimum absolute atomic E-state index is 0.520. The summed E-state index contributed by atoms with van der Waals surface area (Å²) in [6, 6.07) is 9.33. The highest BCUT2D eigenvalue weighted by Crippen LogP contribution is 2.20. The molecule has 2 rings (SSSR count). The van der Waals surface area contributed by atoms with Crippen molar-refractivity contribution in [2.45, 2.75) is 6.92 Å². The SMILES string of the molecule is Cc1ccc(Cl)cc1NC(=S)Nc1ccncc1. The molecular weight excluding hydrogens is 266 g/mol. The van der Waals surface area contributed by atoms with Crippen LogP contribution in [0, 0.1) is 6.92 Å². The van der Waals surface area contributed by atoms with Crippen molar-refractivity contribution >= 4 is 40.3 Å². The Morgan fingerprint density at radius 3 is 2.61 bits per heavy atom. The van der Waals surface area contributed by atoms with Gasteiger partial charge in [0.05, 0.1) is 0 Å². The summed E-state index contributed by atoms with van der Waals surface area (Å²) in [6.07, 6.45) is 3.41. The lowest BCUT2D eigenvalue weighted by atomic mass is 10.2. The highest BCUT2D eigenvalue weighted by Gasteiger charge is 2.02. The maximum atomic E-state index is 5.95. The summed E-state index contributed by atoms with van der Waals surface area (Å²) in [5.41, 5.74) is 2.87. The van der Waals surface area contributed by atoms with E-state index >= 15 is 0 Å². The molecule has 0 fully saturated rings. The lowest BCUT2D eigenvalue weighted by molar-refractivity contribution is 1.33. The quantitative estimate of drug-likeness (QED) is 0.818. The normalized spacial score (nSPS) is 9.89. The third-order valence-corrected chi connectivity index (χ3v) is 2.83. The van der Waals surface area contributed by atoms with Gasteiger partial charge < -0.3 is 10.6 Å². The smallest absolute Gasteiger partial charge is 0.175 e. The van der Waals surface area contributed by atoms with Crippen molar-refractivity contribution in [2.75, 3.05) is 10.6 Å². The van der Waals surface area contributed by atoms with E-state index in [1.807, 2.05) is 37.3 Å². The molecule has 0 aliphatic rings. The average Bonchev–Trinajstić information content (AvgIpc) is 2.35. The summed E-state index contributed by atoms with van der Waals surface area (Å²) < 4.78 is 0. The van der Waals surface area contributed by atoms with E-state index < -0.39 is 0 Å². The third kappa shape index (κ3) is 3.42. The first-order valence-electron chi connectivity index (χ1n) is 5.39. The number of nitrogens with zero attached hydrogens (tertiary/aromatic N) is 1. The second-order valence-corrected chi connectivity index (χ2v) is 4.62. The van der Waals surface area contributed by atoms with Crippen molar-refractivity contribution < 1.29 is 0 Å². The summed E-state index contributed by atoms with van der Waals surface area (Å²) in [7, 11) is 0. The lowest BCUT2D eigenvalue weighted by Gasteiger charge is -2.12. The predicted molar refractivity (Wildman–Crippen MR) is 80.3 cm³/mol. The van der Waals surface area contributed by atoms with E-state index in [1.165, 1.54) is 0 Å². The molecule has 2 aromatic rings. The highest BCUT2D eigenvalue weighted by molar-refractivity contribution is 7.80. The van der Waals surface area contributed by atoms with Crippen molar-refractivity contribution in [1.82, 2.24) is 4.98 Å². The molecule has 0 radical (unpaired) electrons. The van der Waals surface area contributed by atoms with Crippen LogP contribution < -0.4 is 10.6 Å². The molecule has 1 heterocycles. The summed E-state index contributed by atoms with van der Waals surface area (Å²) in [5, 5.41) is 7.39. The Labute approximate surface area is 116 Å². The number of hydrogen-bond acceptors (Lipinski definition) is 2. The molecule has 0 aliphatic heterocycles. The van der Waals surface area contributed by atoms with Crippen LogP contribution in [-0.2, 0) is 0 Å². The van der Waals surface area contributed by atoms with Crippen LogP contribution in [-0.4, -0.2) is 10.1 Å². The number of aromatic nitrogens is 1. The number of nitrogens with one attached hydrogen (secondary N) is 2. The zero-order valence-corrected chi connectivity index (χ0v) is 11.3.